The molecule has 30 heavy (non-hydrogen) atoms. The fourth-order valence-electron chi connectivity index (χ4n) is 9.67. The van der Waals surface area contributed by atoms with Crippen molar-refractivity contribution in [3.8, 4) is 0 Å². The van der Waals surface area contributed by atoms with E-state index >= 15 is 0 Å². The summed E-state index contributed by atoms with van der Waals surface area (Å²) < 4.78 is 0. The summed E-state index contributed by atoms with van der Waals surface area (Å²) in [5.41, 5.74) is 2.42. The lowest BCUT2D eigenvalue weighted by molar-refractivity contribution is -0.154. The maximum absolute atomic E-state index is 2.76. The Bertz CT molecular complexity index is 616. The van der Waals surface area contributed by atoms with Crippen molar-refractivity contribution < 1.29 is 0 Å². The molecule has 0 aromatic carbocycles. The first kappa shape index (κ1) is 23.2. The maximum Gasteiger partial charge on any atom is -0.0241 e. The minimum atomic E-state index is 0.494. The maximum atomic E-state index is 2.76. The Morgan fingerprint density at radius 1 is 0.800 bits per heavy atom. The molecule has 0 heterocycles. The van der Waals surface area contributed by atoms with Crippen molar-refractivity contribution in [2.75, 3.05) is 0 Å². The van der Waals surface area contributed by atoms with E-state index in [2.05, 4.69) is 55.4 Å². The first-order chi connectivity index (χ1) is 13.9. The third kappa shape index (κ3) is 3.44. The summed E-state index contributed by atoms with van der Waals surface area (Å²) in [6.07, 6.45) is 18.1. The van der Waals surface area contributed by atoms with Gasteiger partial charge in [-0.3, -0.25) is 0 Å². The molecule has 4 fully saturated rings. The summed E-state index contributed by atoms with van der Waals surface area (Å²) in [7, 11) is 0. The molecule has 0 nitrogen and oxygen atoms in total. The Kier molecular flexibility index (Phi) is 6.02. The van der Waals surface area contributed by atoms with Gasteiger partial charge in [0.2, 0.25) is 0 Å². The van der Waals surface area contributed by atoms with E-state index in [9.17, 15) is 0 Å². The quantitative estimate of drug-likeness (QED) is 0.420. The molecule has 4 saturated carbocycles. The standard InChI is InChI=1S/C30H54/c1-21(2)27(4,5)18-13-22(3)24-11-12-25-23-14-19-28(6)16-9-10-17-30(28,8)26(23)15-20-29(24,25)7/h21-26H,9-20H2,1-8H3/t22-,23+,24-,25+,26+,28+,29-,30-/m1/s1. The summed E-state index contributed by atoms with van der Waals surface area (Å²) >= 11 is 0. The van der Waals surface area contributed by atoms with Crippen LogP contribution in [0.1, 0.15) is 132 Å². The molecule has 0 unspecified atom stereocenters. The molecule has 0 N–H and O–H groups in total. The van der Waals surface area contributed by atoms with Crippen LogP contribution in [-0.4, -0.2) is 0 Å². The van der Waals surface area contributed by atoms with Crippen molar-refractivity contribution in [2.24, 2.45) is 57.2 Å². The van der Waals surface area contributed by atoms with Gasteiger partial charge in [-0.25, -0.2) is 0 Å². The molecular formula is C30H54. The molecule has 0 bridgehead atoms. The Labute approximate surface area is 189 Å². The number of rotatable bonds is 5. The summed E-state index contributed by atoms with van der Waals surface area (Å²) in [5, 5.41) is 0. The average molecular weight is 415 g/mol. The molecule has 0 saturated heterocycles. The largest absolute Gasteiger partial charge is 0.0623 e. The van der Waals surface area contributed by atoms with Crippen molar-refractivity contribution in [3.63, 3.8) is 0 Å². The minimum absolute atomic E-state index is 0.494. The number of hydrogen-bond acceptors (Lipinski definition) is 0. The second-order valence-electron chi connectivity index (χ2n) is 14.5. The van der Waals surface area contributed by atoms with Crippen molar-refractivity contribution in [1.82, 2.24) is 0 Å². The summed E-state index contributed by atoms with van der Waals surface area (Å²) in [4.78, 5) is 0. The Balaban J connectivity index is 1.49. The zero-order chi connectivity index (χ0) is 21.9. The van der Waals surface area contributed by atoms with Gasteiger partial charge < -0.3 is 0 Å². The van der Waals surface area contributed by atoms with Crippen LogP contribution in [0.3, 0.4) is 0 Å². The van der Waals surface area contributed by atoms with Crippen molar-refractivity contribution in [1.29, 1.82) is 0 Å². The first-order valence-corrected chi connectivity index (χ1v) is 13.9. The lowest BCUT2D eigenvalue weighted by Gasteiger charge is -2.65. The van der Waals surface area contributed by atoms with E-state index in [4.69, 9.17) is 0 Å². The molecule has 4 aliphatic rings. The van der Waals surface area contributed by atoms with Crippen molar-refractivity contribution in [3.05, 3.63) is 0 Å². The van der Waals surface area contributed by atoms with E-state index in [1.807, 2.05) is 0 Å². The molecule has 0 aromatic rings. The minimum Gasteiger partial charge on any atom is -0.0623 e. The van der Waals surface area contributed by atoms with E-state index in [0.29, 0.717) is 21.7 Å². The van der Waals surface area contributed by atoms with Gasteiger partial charge in [-0.1, -0.05) is 68.2 Å². The van der Waals surface area contributed by atoms with Gasteiger partial charge in [0, 0.05) is 0 Å². The van der Waals surface area contributed by atoms with Crippen LogP contribution in [0.15, 0.2) is 0 Å². The second-order valence-corrected chi connectivity index (χ2v) is 14.5. The van der Waals surface area contributed by atoms with E-state index in [-0.39, 0.29) is 0 Å². The van der Waals surface area contributed by atoms with Crippen LogP contribution in [0, 0.1) is 57.2 Å². The fraction of sp³-hybridized carbons (Fsp3) is 1.00. The van der Waals surface area contributed by atoms with E-state index < -0.39 is 0 Å². The smallest absolute Gasteiger partial charge is 0.0241 e. The van der Waals surface area contributed by atoms with Gasteiger partial charge in [-0.2, -0.15) is 0 Å². The third-order valence-corrected chi connectivity index (χ3v) is 12.9. The highest BCUT2D eigenvalue weighted by Crippen LogP contribution is 2.71. The highest BCUT2D eigenvalue weighted by Gasteiger charge is 2.62. The molecule has 0 spiro atoms. The molecule has 0 aromatic heterocycles. The zero-order valence-corrected chi connectivity index (χ0v) is 21.9. The van der Waals surface area contributed by atoms with Crippen LogP contribution >= 0.6 is 0 Å². The zero-order valence-electron chi connectivity index (χ0n) is 21.9. The van der Waals surface area contributed by atoms with Crippen LogP contribution in [0.2, 0.25) is 0 Å². The lowest BCUT2D eigenvalue weighted by atomic mass is 9.40. The van der Waals surface area contributed by atoms with Gasteiger partial charge in [0.15, 0.2) is 0 Å². The van der Waals surface area contributed by atoms with Gasteiger partial charge >= 0.3 is 0 Å². The molecule has 174 valence electrons. The Morgan fingerprint density at radius 2 is 1.50 bits per heavy atom. The molecule has 0 aliphatic heterocycles. The first-order valence-electron chi connectivity index (χ1n) is 13.9. The van der Waals surface area contributed by atoms with Crippen molar-refractivity contribution in [2.45, 2.75) is 132 Å². The van der Waals surface area contributed by atoms with Gasteiger partial charge in [-0.05, 0) is 121 Å². The SMILES string of the molecule is CC(C)C(C)(C)CC[C@@H](C)[C@H]1CC[C@H]2[C@@H]3CC[C@]4(C)CCCC[C@]4(C)[C@H]3CC[C@]12C. The summed E-state index contributed by atoms with van der Waals surface area (Å²) in [5.74, 6) is 5.80. The topological polar surface area (TPSA) is 0 Å². The van der Waals surface area contributed by atoms with Gasteiger partial charge in [-0.15, -0.1) is 0 Å². The van der Waals surface area contributed by atoms with Gasteiger partial charge in [0.1, 0.15) is 0 Å². The summed E-state index contributed by atoms with van der Waals surface area (Å²) in [6.45, 7) is 20.6. The highest BCUT2D eigenvalue weighted by atomic mass is 14.7. The van der Waals surface area contributed by atoms with Crippen LogP contribution in [0.4, 0.5) is 0 Å². The van der Waals surface area contributed by atoms with Gasteiger partial charge in [0.05, 0.1) is 0 Å². The predicted octanol–water partition coefficient (Wildman–Crippen LogP) is 9.52. The average Bonchev–Trinajstić information content (AvgIpc) is 3.04. The normalized spacial score (nSPS) is 47.5. The molecule has 0 heteroatoms. The van der Waals surface area contributed by atoms with Gasteiger partial charge in [0.25, 0.3) is 0 Å². The van der Waals surface area contributed by atoms with Crippen LogP contribution in [0.5, 0.6) is 0 Å². The number of hydrogen-bond donors (Lipinski definition) is 0. The molecule has 4 aliphatic carbocycles. The van der Waals surface area contributed by atoms with E-state index in [1.54, 1.807) is 19.3 Å². The number of fused-ring (bicyclic) bond motifs is 5. The second kappa shape index (κ2) is 7.80. The Morgan fingerprint density at radius 3 is 2.20 bits per heavy atom. The molecule has 0 amide bonds. The van der Waals surface area contributed by atoms with Crippen LogP contribution in [-0.2, 0) is 0 Å². The predicted molar refractivity (Wildman–Crippen MR) is 131 cm³/mol. The monoisotopic (exact) mass is 414 g/mol. The molecular weight excluding hydrogens is 360 g/mol. The molecule has 4 rings (SSSR count). The Hall–Kier alpha value is 0. The molecule has 0 radical (unpaired) electrons. The lowest BCUT2D eigenvalue weighted by Crippen LogP contribution is -2.56. The van der Waals surface area contributed by atoms with Crippen molar-refractivity contribution >= 4 is 0 Å². The van der Waals surface area contributed by atoms with Crippen LogP contribution < -0.4 is 0 Å². The fourth-order valence-corrected chi connectivity index (χ4v) is 9.67. The highest BCUT2D eigenvalue weighted by molar-refractivity contribution is 5.12. The summed E-state index contributed by atoms with van der Waals surface area (Å²) in [6, 6.07) is 0. The van der Waals surface area contributed by atoms with E-state index in [0.717, 1.165) is 35.5 Å². The molecule has 8 atom stereocenters. The van der Waals surface area contributed by atoms with E-state index in [1.165, 1.54) is 57.8 Å². The van der Waals surface area contributed by atoms with Crippen LogP contribution in [0.25, 0.3) is 0 Å². The third-order valence-electron chi connectivity index (χ3n) is 12.9.